The van der Waals surface area contributed by atoms with E-state index in [4.69, 9.17) is 0 Å². The first-order valence-electron chi connectivity index (χ1n) is 6.19. The smallest absolute Gasteiger partial charge is 0.141 e. The fourth-order valence-corrected chi connectivity index (χ4v) is 1.93. The summed E-state index contributed by atoms with van der Waals surface area (Å²) in [6.45, 7) is 3.99. The molecule has 2 aromatic rings. The molecule has 0 aliphatic rings. The van der Waals surface area contributed by atoms with Gasteiger partial charge in [-0.1, -0.05) is 12.1 Å². The molecule has 1 N–H and O–H groups in total. The Balaban J connectivity index is 2.38. The second-order valence-electron chi connectivity index (χ2n) is 4.71. The third-order valence-electron chi connectivity index (χ3n) is 2.73. The van der Waals surface area contributed by atoms with Gasteiger partial charge < -0.3 is 5.32 Å². The maximum absolute atomic E-state index is 13.3. The second-order valence-corrected chi connectivity index (χ2v) is 4.71. The van der Waals surface area contributed by atoms with E-state index in [1.54, 1.807) is 12.1 Å². The summed E-state index contributed by atoms with van der Waals surface area (Å²) in [6.07, 6.45) is 1.17. The standard InChI is InChI=1S/C15H16F2N2/c1-10(2)19-15(11-4-3-5-12(16)8-11)14-7-6-13(17)9-18-14/h3-10,15,19H,1-2H3. The van der Waals surface area contributed by atoms with Crippen LogP contribution in [0.25, 0.3) is 0 Å². The highest BCUT2D eigenvalue weighted by atomic mass is 19.1. The fourth-order valence-electron chi connectivity index (χ4n) is 1.93. The Morgan fingerprint density at radius 1 is 1.05 bits per heavy atom. The highest BCUT2D eigenvalue weighted by Gasteiger charge is 2.16. The lowest BCUT2D eigenvalue weighted by atomic mass is 10.0. The van der Waals surface area contributed by atoms with Crippen LogP contribution < -0.4 is 5.32 Å². The Hall–Kier alpha value is -1.81. The van der Waals surface area contributed by atoms with Crippen LogP contribution in [0.3, 0.4) is 0 Å². The summed E-state index contributed by atoms with van der Waals surface area (Å²) in [4.78, 5) is 4.08. The third-order valence-corrected chi connectivity index (χ3v) is 2.73. The number of halogens is 2. The molecule has 1 aromatic carbocycles. The summed E-state index contributed by atoms with van der Waals surface area (Å²) >= 11 is 0. The largest absolute Gasteiger partial charge is 0.303 e. The van der Waals surface area contributed by atoms with E-state index in [1.165, 1.54) is 24.4 Å². The van der Waals surface area contributed by atoms with Gasteiger partial charge in [0, 0.05) is 6.04 Å². The van der Waals surface area contributed by atoms with Crippen LogP contribution in [0.1, 0.15) is 31.1 Å². The number of hydrogen-bond donors (Lipinski definition) is 1. The van der Waals surface area contributed by atoms with Crippen LogP contribution in [0.2, 0.25) is 0 Å². The molecule has 0 spiro atoms. The molecular formula is C15H16F2N2. The van der Waals surface area contributed by atoms with Gasteiger partial charge in [0.05, 0.1) is 17.9 Å². The van der Waals surface area contributed by atoms with Crippen LogP contribution in [0, 0.1) is 11.6 Å². The number of nitrogens with zero attached hydrogens (tertiary/aromatic N) is 1. The van der Waals surface area contributed by atoms with E-state index >= 15 is 0 Å². The molecule has 0 aliphatic heterocycles. The molecule has 0 aliphatic carbocycles. The quantitative estimate of drug-likeness (QED) is 0.913. The molecule has 2 rings (SSSR count). The van der Waals surface area contributed by atoms with Crippen LogP contribution in [0.5, 0.6) is 0 Å². The Morgan fingerprint density at radius 2 is 1.84 bits per heavy atom. The average Bonchev–Trinajstić information content (AvgIpc) is 2.37. The summed E-state index contributed by atoms with van der Waals surface area (Å²) in [5, 5.41) is 3.31. The summed E-state index contributed by atoms with van der Waals surface area (Å²) in [5.41, 5.74) is 1.44. The number of hydrogen-bond acceptors (Lipinski definition) is 2. The van der Waals surface area contributed by atoms with Crippen LogP contribution in [-0.2, 0) is 0 Å². The van der Waals surface area contributed by atoms with Crippen LogP contribution in [-0.4, -0.2) is 11.0 Å². The molecule has 0 bridgehead atoms. The first kappa shape index (κ1) is 13.6. The molecule has 0 saturated heterocycles. The summed E-state index contributed by atoms with van der Waals surface area (Å²) in [7, 11) is 0. The molecule has 100 valence electrons. The number of benzene rings is 1. The van der Waals surface area contributed by atoms with Gasteiger partial charge in [-0.05, 0) is 43.7 Å². The van der Waals surface area contributed by atoms with E-state index in [1.807, 2.05) is 19.9 Å². The van der Waals surface area contributed by atoms with Crippen molar-refractivity contribution in [2.45, 2.75) is 25.9 Å². The van der Waals surface area contributed by atoms with Crippen molar-refractivity contribution < 1.29 is 8.78 Å². The molecule has 1 atom stereocenters. The van der Waals surface area contributed by atoms with Gasteiger partial charge in [0.15, 0.2) is 0 Å². The molecule has 1 aromatic heterocycles. The zero-order chi connectivity index (χ0) is 13.8. The van der Waals surface area contributed by atoms with E-state index in [2.05, 4.69) is 10.3 Å². The van der Waals surface area contributed by atoms with E-state index in [0.29, 0.717) is 5.69 Å². The predicted octanol–water partition coefficient (Wildman–Crippen LogP) is 3.45. The highest BCUT2D eigenvalue weighted by molar-refractivity contribution is 5.28. The zero-order valence-electron chi connectivity index (χ0n) is 10.9. The molecule has 0 fully saturated rings. The monoisotopic (exact) mass is 262 g/mol. The summed E-state index contributed by atoms with van der Waals surface area (Å²) in [5.74, 6) is -0.679. The molecule has 19 heavy (non-hydrogen) atoms. The van der Waals surface area contributed by atoms with Crippen molar-refractivity contribution in [3.8, 4) is 0 Å². The molecule has 0 radical (unpaired) electrons. The topological polar surface area (TPSA) is 24.9 Å². The van der Waals surface area contributed by atoms with E-state index in [9.17, 15) is 8.78 Å². The van der Waals surface area contributed by atoms with Gasteiger partial charge in [0.25, 0.3) is 0 Å². The summed E-state index contributed by atoms with van der Waals surface area (Å²) in [6, 6.07) is 9.25. The van der Waals surface area contributed by atoms with Crippen molar-refractivity contribution in [3.63, 3.8) is 0 Å². The van der Waals surface area contributed by atoms with Gasteiger partial charge in [0.1, 0.15) is 11.6 Å². The lowest BCUT2D eigenvalue weighted by molar-refractivity contribution is 0.514. The SMILES string of the molecule is CC(C)NC(c1cccc(F)c1)c1ccc(F)cn1. The van der Waals surface area contributed by atoms with E-state index in [0.717, 1.165) is 5.56 Å². The molecular weight excluding hydrogens is 246 g/mol. The van der Waals surface area contributed by atoms with Gasteiger partial charge in [-0.2, -0.15) is 0 Å². The Labute approximate surface area is 111 Å². The van der Waals surface area contributed by atoms with Gasteiger partial charge >= 0.3 is 0 Å². The Bertz CT molecular complexity index is 538. The second kappa shape index (κ2) is 5.89. The number of pyridine rings is 1. The maximum atomic E-state index is 13.3. The highest BCUT2D eigenvalue weighted by Crippen LogP contribution is 2.21. The minimum atomic E-state index is -0.383. The first-order chi connectivity index (χ1) is 9.06. The van der Waals surface area contributed by atoms with Gasteiger partial charge in [0.2, 0.25) is 0 Å². The first-order valence-corrected chi connectivity index (χ1v) is 6.19. The van der Waals surface area contributed by atoms with E-state index < -0.39 is 0 Å². The molecule has 0 saturated carbocycles. The fraction of sp³-hybridized carbons (Fsp3) is 0.267. The van der Waals surface area contributed by atoms with Crippen LogP contribution in [0.4, 0.5) is 8.78 Å². The molecule has 2 nitrogen and oxygen atoms in total. The normalized spacial score (nSPS) is 12.7. The maximum Gasteiger partial charge on any atom is 0.141 e. The Kier molecular flexibility index (Phi) is 4.22. The lowest BCUT2D eigenvalue weighted by Crippen LogP contribution is -2.29. The van der Waals surface area contributed by atoms with Gasteiger partial charge in [-0.15, -0.1) is 0 Å². The van der Waals surface area contributed by atoms with E-state index in [-0.39, 0.29) is 23.7 Å². The zero-order valence-corrected chi connectivity index (χ0v) is 10.9. The summed E-state index contributed by atoms with van der Waals surface area (Å²) < 4.78 is 26.3. The molecule has 1 heterocycles. The predicted molar refractivity (Wildman–Crippen MR) is 70.7 cm³/mol. The van der Waals surface area contributed by atoms with Crippen LogP contribution in [0.15, 0.2) is 42.6 Å². The van der Waals surface area contributed by atoms with Crippen molar-refractivity contribution >= 4 is 0 Å². The van der Waals surface area contributed by atoms with Crippen molar-refractivity contribution in [3.05, 3.63) is 65.5 Å². The molecule has 1 unspecified atom stereocenters. The van der Waals surface area contributed by atoms with Crippen molar-refractivity contribution in [2.24, 2.45) is 0 Å². The van der Waals surface area contributed by atoms with Crippen molar-refractivity contribution in [1.82, 2.24) is 10.3 Å². The van der Waals surface area contributed by atoms with Crippen LogP contribution >= 0.6 is 0 Å². The van der Waals surface area contributed by atoms with Gasteiger partial charge in [-0.25, -0.2) is 8.78 Å². The average molecular weight is 262 g/mol. The minimum absolute atomic E-state index is 0.195. The Morgan fingerprint density at radius 3 is 2.42 bits per heavy atom. The minimum Gasteiger partial charge on any atom is -0.303 e. The lowest BCUT2D eigenvalue weighted by Gasteiger charge is -2.21. The molecule has 4 heteroatoms. The van der Waals surface area contributed by atoms with Crippen molar-refractivity contribution in [1.29, 1.82) is 0 Å². The third kappa shape index (κ3) is 3.58. The number of aromatic nitrogens is 1. The van der Waals surface area contributed by atoms with Crippen molar-refractivity contribution in [2.75, 3.05) is 0 Å². The number of nitrogens with one attached hydrogen (secondary N) is 1. The van der Waals surface area contributed by atoms with Gasteiger partial charge in [-0.3, -0.25) is 4.98 Å². The molecule has 0 amide bonds. The number of rotatable bonds is 4.